The second-order valence-electron chi connectivity index (χ2n) is 7.43. The molecule has 1 aromatic carbocycles. The zero-order chi connectivity index (χ0) is 19.8. The van der Waals surface area contributed by atoms with Gasteiger partial charge >= 0.3 is 0 Å². The van der Waals surface area contributed by atoms with Gasteiger partial charge in [-0.15, -0.1) is 0 Å². The molecule has 7 N–H and O–H groups in total. The van der Waals surface area contributed by atoms with Crippen molar-refractivity contribution in [1.82, 2.24) is 10.3 Å². The highest BCUT2D eigenvalue weighted by Gasteiger charge is 2.29. The summed E-state index contributed by atoms with van der Waals surface area (Å²) >= 11 is 0. The number of hydrogen-bond acceptors (Lipinski definition) is 6. The van der Waals surface area contributed by atoms with Gasteiger partial charge in [0.1, 0.15) is 5.71 Å². The molecule has 144 valence electrons. The number of nitrogens with one attached hydrogen (secondary N) is 3. The van der Waals surface area contributed by atoms with Crippen LogP contribution >= 0.6 is 0 Å². The van der Waals surface area contributed by atoms with Crippen LogP contribution in [-0.2, 0) is 17.6 Å². The summed E-state index contributed by atoms with van der Waals surface area (Å²) in [5, 5.41) is 19.9. The number of amides is 1. The van der Waals surface area contributed by atoms with E-state index in [1.807, 2.05) is 6.07 Å². The van der Waals surface area contributed by atoms with E-state index in [2.05, 4.69) is 5.32 Å². The molecule has 1 saturated carbocycles. The molecule has 4 rings (SSSR count). The smallest absolute Gasteiger partial charge is 0.270 e. The SMILES string of the molecule is N=Cc1c(N)ccc2nc(/C(=C/N)C(=N)C(=O)NC3CC3)c3c(c12)CCCC3. The van der Waals surface area contributed by atoms with E-state index < -0.39 is 5.91 Å². The maximum atomic E-state index is 12.4. The van der Waals surface area contributed by atoms with E-state index in [-0.39, 0.29) is 11.8 Å². The van der Waals surface area contributed by atoms with Gasteiger partial charge in [0.2, 0.25) is 0 Å². The van der Waals surface area contributed by atoms with Crippen molar-refractivity contribution in [2.75, 3.05) is 5.73 Å². The van der Waals surface area contributed by atoms with Gasteiger partial charge in [-0.25, -0.2) is 4.98 Å². The maximum absolute atomic E-state index is 12.4. The number of aryl methyl sites for hydroxylation is 1. The molecule has 28 heavy (non-hydrogen) atoms. The molecule has 7 heteroatoms. The van der Waals surface area contributed by atoms with Crippen LogP contribution in [0, 0.1) is 10.8 Å². The Morgan fingerprint density at radius 2 is 1.93 bits per heavy atom. The number of hydrogen-bond donors (Lipinski definition) is 5. The Morgan fingerprint density at radius 1 is 1.21 bits per heavy atom. The number of benzene rings is 1. The van der Waals surface area contributed by atoms with Crippen LogP contribution in [0.15, 0.2) is 18.3 Å². The lowest BCUT2D eigenvalue weighted by atomic mass is 9.84. The monoisotopic (exact) mass is 376 g/mol. The van der Waals surface area contributed by atoms with Crippen LogP contribution < -0.4 is 16.8 Å². The van der Waals surface area contributed by atoms with Gasteiger partial charge in [-0.2, -0.15) is 0 Å². The topological polar surface area (TPSA) is 142 Å². The minimum atomic E-state index is -0.414. The summed E-state index contributed by atoms with van der Waals surface area (Å²) in [4.78, 5) is 17.2. The number of carbonyl (C=O) groups excluding carboxylic acids is 1. The third-order valence-electron chi connectivity index (χ3n) is 5.52. The molecule has 2 aliphatic rings. The number of fused-ring (bicyclic) bond motifs is 3. The molecular weight excluding hydrogens is 352 g/mol. The van der Waals surface area contributed by atoms with Crippen molar-refractivity contribution in [3.05, 3.63) is 40.7 Å². The maximum Gasteiger partial charge on any atom is 0.270 e. The zero-order valence-electron chi connectivity index (χ0n) is 15.6. The second-order valence-corrected chi connectivity index (χ2v) is 7.43. The van der Waals surface area contributed by atoms with Crippen molar-refractivity contribution in [2.24, 2.45) is 5.73 Å². The molecule has 0 bridgehead atoms. The summed E-state index contributed by atoms with van der Waals surface area (Å²) in [5.74, 6) is -0.414. The number of nitrogen functional groups attached to an aromatic ring is 1. The van der Waals surface area contributed by atoms with Crippen molar-refractivity contribution < 1.29 is 4.79 Å². The molecule has 0 saturated heterocycles. The fourth-order valence-corrected chi connectivity index (χ4v) is 3.93. The molecule has 1 heterocycles. The fourth-order valence-electron chi connectivity index (χ4n) is 3.93. The Hall–Kier alpha value is -3.22. The van der Waals surface area contributed by atoms with Gasteiger partial charge in [-0.05, 0) is 61.8 Å². The van der Waals surface area contributed by atoms with Gasteiger partial charge in [0.15, 0.2) is 0 Å². The first-order chi connectivity index (χ1) is 13.5. The third kappa shape index (κ3) is 3.02. The van der Waals surface area contributed by atoms with Crippen LogP contribution in [-0.4, -0.2) is 28.9 Å². The van der Waals surface area contributed by atoms with E-state index in [0.717, 1.165) is 55.0 Å². The van der Waals surface area contributed by atoms with Crippen molar-refractivity contribution >= 4 is 40.0 Å². The van der Waals surface area contributed by atoms with Crippen molar-refractivity contribution in [2.45, 2.75) is 44.6 Å². The van der Waals surface area contributed by atoms with E-state index in [0.29, 0.717) is 28.0 Å². The Bertz CT molecular complexity index is 1040. The number of nitrogens with zero attached hydrogens (tertiary/aromatic N) is 1. The normalized spacial score (nSPS) is 16.5. The first-order valence-corrected chi connectivity index (χ1v) is 9.61. The van der Waals surface area contributed by atoms with Crippen LogP contribution in [0.4, 0.5) is 5.69 Å². The van der Waals surface area contributed by atoms with Crippen LogP contribution in [0.5, 0.6) is 0 Å². The minimum Gasteiger partial charge on any atom is -0.404 e. The van der Waals surface area contributed by atoms with Gasteiger partial charge in [0, 0.05) is 40.7 Å². The summed E-state index contributed by atoms with van der Waals surface area (Å²) in [5.41, 5.74) is 16.8. The number of aromatic nitrogens is 1. The van der Waals surface area contributed by atoms with E-state index in [1.165, 1.54) is 12.4 Å². The number of carbonyl (C=O) groups is 1. The molecular formula is C21H24N6O. The quantitative estimate of drug-likeness (QED) is 0.403. The third-order valence-corrected chi connectivity index (χ3v) is 5.52. The first-order valence-electron chi connectivity index (χ1n) is 9.61. The molecule has 0 unspecified atom stereocenters. The summed E-state index contributed by atoms with van der Waals surface area (Å²) < 4.78 is 0. The molecule has 0 atom stereocenters. The van der Waals surface area contributed by atoms with Crippen LogP contribution in [0.1, 0.15) is 48.1 Å². The van der Waals surface area contributed by atoms with Crippen LogP contribution in [0.2, 0.25) is 0 Å². The van der Waals surface area contributed by atoms with E-state index in [1.54, 1.807) is 6.07 Å². The molecule has 1 fully saturated rings. The number of anilines is 1. The van der Waals surface area contributed by atoms with Gasteiger partial charge in [-0.3, -0.25) is 10.2 Å². The molecule has 0 spiro atoms. The predicted molar refractivity (Wildman–Crippen MR) is 112 cm³/mol. The van der Waals surface area contributed by atoms with Crippen molar-refractivity contribution in [3.63, 3.8) is 0 Å². The highest BCUT2D eigenvalue weighted by atomic mass is 16.2. The van der Waals surface area contributed by atoms with E-state index in [4.69, 9.17) is 27.3 Å². The van der Waals surface area contributed by atoms with Gasteiger partial charge in [-0.1, -0.05) is 0 Å². The fraction of sp³-hybridized carbons (Fsp3) is 0.333. The molecule has 2 aliphatic carbocycles. The molecule has 0 radical (unpaired) electrons. The summed E-state index contributed by atoms with van der Waals surface area (Å²) in [6.45, 7) is 0. The highest BCUT2D eigenvalue weighted by molar-refractivity contribution is 6.54. The summed E-state index contributed by atoms with van der Waals surface area (Å²) in [6, 6.07) is 3.74. The van der Waals surface area contributed by atoms with Crippen LogP contribution in [0.25, 0.3) is 16.5 Å². The molecule has 2 aromatic rings. The van der Waals surface area contributed by atoms with Gasteiger partial charge in [0.25, 0.3) is 5.91 Å². The molecule has 0 aliphatic heterocycles. The van der Waals surface area contributed by atoms with Gasteiger partial charge < -0.3 is 22.2 Å². The number of rotatable bonds is 5. The minimum absolute atomic E-state index is 0.156. The summed E-state index contributed by atoms with van der Waals surface area (Å²) in [6.07, 6.45) is 8.20. The Labute approximate surface area is 163 Å². The lowest BCUT2D eigenvalue weighted by Crippen LogP contribution is -2.33. The molecule has 7 nitrogen and oxygen atoms in total. The molecule has 1 aromatic heterocycles. The Kier molecular flexibility index (Phi) is 4.58. The lowest BCUT2D eigenvalue weighted by molar-refractivity contribution is -0.114. The van der Waals surface area contributed by atoms with E-state index >= 15 is 0 Å². The second kappa shape index (κ2) is 7.07. The summed E-state index contributed by atoms with van der Waals surface area (Å²) in [7, 11) is 0. The zero-order valence-corrected chi connectivity index (χ0v) is 15.6. The van der Waals surface area contributed by atoms with Crippen molar-refractivity contribution in [1.29, 1.82) is 10.8 Å². The number of nitrogens with two attached hydrogens (primary N) is 2. The van der Waals surface area contributed by atoms with Gasteiger partial charge in [0.05, 0.1) is 11.2 Å². The highest BCUT2D eigenvalue weighted by Crippen LogP contribution is 2.36. The van der Waals surface area contributed by atoms with E-state index in [9.17, 15) is 4.79 Å². The average Bonchev–Trinajstić information content (AvgIpc) is 3.52. The lowest BCUT2D eigenvalue weighted by Gasteiger charge is -2.23. The largest absolute Gasteiger partial charge is 0.404 e. The standard InChI is InChI=1S/C21H24N6O/c22-9-14-16(24)7-8-17-18(14)12-3-1-2-4-13(12)20(27-17)15(10-23)19(25)21(28)26-11-5-6-11/h7-11,22,25H,1-6,23-24H2,(H,26,28)/b15-10+,22-9?,25-19?. The predicted octanol–water partition coefficient (Wildman–Crippen LogP) is 2.29. The number of pyridine rings is 1. The average molecular weight is 376 g/mol. The molecule has 1 amide bonds. The Balaban J connectivity index is 1.89. The van der Waals surface area contributed by atoms with Crippen molar-refractivity contribution in [3.8, 4) is 0 Å². The Morgan fingerprint density at radius 3 is 2.57 bits per heavy atom. The van der Waals surface area contributed by atoms with Crippen LogP contribution in [0.3, 0.4) is 0 Å². The first kappa shape index (κ1) is 18.2.